The molecule has 0 saturated carbocycles. The molecule has 2 atom stereocenters. The minimum absolute atomic E-state index is 0.0430. The Hall–Kier alpha value is -2.18. The zero-order valence-electron chi connectivity index (χ0n) is 21.6. The summed E-state index contributed by atoms with van der Waals surface area (Å²) in [6.45, 7) is 14.5. The number of nitrogens with zero attached hydrogens (tertiary/aromatic N) is 2. The maximum atomic E-state index is 12.7. The standard InChI is InChI=1S/C22H39BN4O7/c1-14(26-18(31)32-19(2,3)4)25-17(30)27-12-15(22(24,13-27)16(28)29)10-9-11-23-33-20(5,6)21(7,8)34-23/h15H,9-13,24H2,1-8H3,(H,28,29)(H,25,26,30,31)/t15-,22-/m0/s1. The molecule has 2 rings (SSSR count). The molecule has 3 amide bonds. The topological polar surface area (TPSA) is 153 Å². The van der Waals surface area contributed by atoms with Gasteiger partial charge in [0.15, 0.2) is 0 Å². The second-order valence-electron chi connectivity index (χ2n) is 11.1. The lowest BCUT2D eigenvalue weighted by molar-refractivity contribution is -0.144. The van der Waals surface area contributed by atoms with Crippen molar-refractivity contribution >= 4 is 31.0 Å². The first-order valence-corrected chi connectivity index (χ1v) is 11.6. The normalized spacial score (nSPS) is 26.5. The number of hydrogen-bond donors (Lipinski definition) is 3. The number of carboxylic acid groups (broad SMARTS) is 1. The number of amides is 3. The van der Waals surface area contributed by atoms with Crippen molar-refractivity contribution in [3.63, 3.8) is 0 Å². The van der Waals surface area contributed by atoms with Gasteiger partial charge in [0.25, 0.3) is 0 Å². The lowest BCUT2D eigenvalue weighted by atomic mass is 9.78. The van der Waals surface area contributed by atoms with Gasteiger partial charge < -0.3 is 29.8 Å². The van der Waals surface area contributed by atoms with Gasteiger partial charge in [-0.05, 0) is 68.1 Å². The molecule has 2 aliphatic rings. The number of carboxylic acids is 1. The number of carbonyl (C=O) groups is 3. The number of amidine groups is 1. The van der Waals surface area contributed by atoms with Crippen LogP contribution in [0.5, 0.6) is 0 Å². The number of carbonyl (C=O) groups excluding carboxylic acids is 2. The Morgan fingerprint density at radius 2 is 1.76 bits per heavy atom. The summed E-state index contributed by atoms with van der Waals surface area (Å²) in [7, 11) is -0.380. The third-order valence-corrected chi connectivity index (χ3v) is 6.54. The lowest BCUT2D eigenvalue weighted by Crippen LogP contribution is -2.55. The summed E-state index contributed by atoms with van der Waals surface area (Å²) >= 11 is 0. The highest BCUT2D eigenvalue weighted by Gasteiger charge is 2.52. The molecule has 2 saturated heterocycles. The maximum Gasteiger partial charge on any atom is 0.457 e. The molecule has 0 radical (unpaired) electrons. The van der Waals surface area contributed by atoms with Crippen molar-refractivity contribution in [1.82, 2.24) is 10.2 Å². The molecular weight excluding hydrogens is 443 g/mol. The average molecular weight is 482 g/mol. The largest absolute Gasteiger partial charge is 0.480 e. The van der Waals surface area contributed by atoms with Gasteiger partial charge in [0.2, 0.25) is 0 Å². The van der Waals surface area contributed by atoms with Gasteiger partial charge in [-0.1, -0.05) is 6.42 Å². The van der Waals surface area contributed by atoms with E-state index in [0.717, 1.165) is 0 Å². The van der Waals surface area contributed by atoms with Crippen LogP contribution in [0, 0.1) is 5.92 Å². The number of ether oxygens (including phenoxy) is 1. The van der Waals surface area contributed by atoms with Crippen LogP contribution in [-0.4, -0.2) is 76.5 Å². The van der Waals surface area contributed by atoms with E-state index in [1.807, 2.05) is 27.7 Å². The van der Waals surface area contributed by atoms with E-state index in [4.69, 9.17) is 19.8 Å². The zero-order valence-corrected chi connectivity index (χ0v) is 21.6. The van der Waals surface area contributed by atoms with Crippen molar-refractivity contribution in [2.75, 3.05) is 13.1 Å². The van der Waals surface area contributed by atoms with Crippen LogP contribution in [0.4, 0.5) is 9.59 Å². The van der Waals surface area contributed by atoms with E-state index in [-0.39, 0.29) is 26.0 Å². The molecule has 2 heterocycles. The Labute approximate surface area is 201 Å². The predicted octanol–water partition coefficient (Wildman–Crippen LogP) is 2.64. The van der Waals surface area contributed by atoms with Gasteiger partial charge in [-0.15, -0.1) is 0 Å². The number of aliphatic imine (C=N–C) groups is 1. The van der Waals surface area contributed by atoms with E-state index >= 15 is 0 Å². The highest BCUT2D eigenvalue weighted by molar-refractivity contribution is 6.45. The van der Waals surface area contributed by atoms with Gasteiger partial charge in [0, 0.05) is 12.5 Å². The monoisotopic (exact) mass is 482 g/mol. The van der Waals surface area contributed by atoms with Crippen LogP contribution in [0.3, 0.4) is 0 Å². The van der Waals surface area contributed by atoms with Gasteiger partial charge in [-0.25, -0.2) is 9.59 Å². The quantitative estimate of drug-likeness (QED) is 0.307. The molecule has 0 aliphatic carbocycles. The van der Waals surface area contributed by atoms with Crippen molar-refractivity contribution in [2.24, 2.45) is 16.6 Å². The minimum atomic E-state index is -1.58. The van der Waals surface area contributed by atoms with Gasteiger partial charge in [0.1, 0.15) is 17.0 Å². The molecule has 0 spiro atoms. The fourth-order valence-electron chi connectivity index (χ4n) is 3.98. The number of nitrogens with two attached hydrogens (primary N) is 1. The van der Waals surface area contributed by atoms with Gasteiger partial charge >= 0.3 is 25.2 Å². The number of urea groups is 1. The summed E-state index contributed by atoms with van der Waals surface area (Å²) in [5.41, 5.74) is 3.09. The zero-order chi connectivity index (χ0) is 26.1. The fourth-order valence-corrected chi connectivity index (χ4v) is 3.98. The molecular formula is C22H39BN4O7. The Balaban J connectivity index is 1.96. The van der Waals surface area contributed by atoms with E-state index in [1.165, 1.54) is 11.8 Å². The Morgan fingerprint density at radius 3 is 2.26 bits per heavy atom. The summed E-state index contributed by atoms with van der Waals surface area (Å²) in [4.78, 5) is 41.5. The van der Waals surface area contributed by atoms with Crippen LogP contribution in [0.2, 0.25) is 6.32 Å². The van der Waals surface area contributed by atoms with E-state index < -0.39 is 46.4 Å². The predicted molar refractivity (Wildman–Crippen MR) is 128 cm³/mol. The Kier molecular flexibility index (Phi) is 8.11. The Morgan fingerprint density at radius 1 is 1.21 bits per heavy atom. The first-order valence-electron chi connectivity index (χ1n) is 11.6. The molecule has 0 aromatic heterocycles. The summed E-state index contributed by atoms with van der Waals surface area (Å²) in [5, 5.41) is 12.3. The van der Waals surface area contributed by atoms with Crippen molar-refractivity contribution in [1.29, 1.82) is 0 Å². The second kappa shape index (κ2) is 9.83. The minimum Gasteiger partial charge on any atom is -0.480 e. The van der Waals surface area contributed by atoms with E-state index in [0.29, 0.717) is 19.2 Å². The summed E-state index contributed by atoms with van der Waals surface area (Å²) < 4.78 is 17.1. The molecule has 34 heavy (non-hydrogen) atoms. The lowest BCUT2D eigenvalue weighted by Gasteiger charge is -2.32. The number of aliphatic carboxylic acids is 1. The van der Waals surface area contributed by atoms with Gasteiger partial charge in [0.05, 0.1) is 17.7 Å². The average Bonchev–Trinajstić information content (AvgIpc) is 3.07. The maximum absolute atomic E-state index is 12.7. The second-order valence-corrected chi connectivity index (χ2v) is 11.1. The molecule has 2 fully saturated rings. The third-order valence-electron chi connectivity index (χ3n) is 6.54. The van der Waals surface area contributed by atoms with Crippen molar-refractivity contribution in [3.05, 3.63) is 0 Å². The number of likely N-dealkylation sites (tertiary alicyclic amines) is 1. The molecule has 12 heteroatoms. The fraction of sp³-hybridized carbons (Fsp3) is 0.818. The highest BCUT2D eigenvalue weighted by atomic mass is 16.7. The first kappa shape index (κ1) is 28.1. The van der Waals surface area contributed by atoms with Crippen LogP contribution < -0.4 is 11.1 Å². The number of nitrogens with one attached hydrogen (secondary N) is 1. The number of rotatable bonds is 5. The third kappa shape index (κ3) is 6.70. The van der Waals surface area contributed by atoms with E-state index in [2.05, 4.69) is 10.3 Å². The van der Waals surface area contributed by atoms with Crippen LogP contribution in [0.15, 0.2) is 4.99 Å². The van der Waals surface area contributed by atoms with Gasteiger partial charge in [-0.2, -0.15) is 4.99 Å². The molecule has 0 aromatic carbocycles. The molecule has 0 bridgehead atoms. The van der Waals surface area contributed by atoms with Crippen molar-refractivity contribution < 1.29 is 33.5 Å². The van der Waals surface area contributed by atoms with Crippen LogP contribution in [0.25, 0.3) is 0 Å². The molecule has 0 unspecified atom stereocenters. The molecule has 2 aliphatic heterocycles. The first-order chi connectivity index (χ1) is 15.4. The summed E-state index contributed by atoms with van der Waals surface area (Å²) in [5.74, 6) is -1.58. The van der Waals surface area contributed by atoms with Gasteiger partial charge in [-0.3, -0.25) is 10.1 Å². The smallest absolute Gasteiger partial charge is 0.457 e. The Bertz CT molecular complexity index is 824. The van der Waals surface area contributed by atoms with Crippen molar-refractivity contribution in [2.45, 2.75) is 96.9 Å². The van der Waals surface area contributed by atoms with Crippen LogP contribution >= 0.6 is 0 Å². The summed E-state index contributed by atoms with van der Waals surface area (Å²) in [6.07, 6.45) is 0.877. The van der Waals surface area contributed by atoms with Crippen LogP contribution in [-0.2, 0) is 18.8 Å². The summed E-state index contributed by atoms with van der Waals surface area (Å²) in [6, 6.07) is -0.575. The van der Waals surface area contributed by atoms with E-state index in [1.54, 1.807) is 20.8 Å². The van der Waals surface area contributed by atoms with E-state index in [9.17, 15) is 19.5 Å². The SMILES string of the molecule is CC(=NC(=O)OC(C)(C)C)NC(=O)N1C[C@H](CCCB2OC(C)(C)C(C)(C)O2)[C@](N)(C(=O)O)C1. The van der Waals surface area contributed by atoms with Crippen LogP contribution in [0.1, 0.15) is 68.2 Å². The highest BCUT2D eigenvalue weighted by Crippen LogP contribution is 2.39. The number of hydrogen-bond acceptors (Lipinski definition) is 7. The molecule has 192 valence electrons. The molecule has 11 nitrogen and oxygen atoms in total. The molecule has 0 aromatic rings. The van der Waals surface area contributed by atoms with Crippen molar-refractivity contribution in [3.8, 4) is 0 Å². The molecule has 4 N–H and O–H groups in total.